The average molecular weight is 201 g/mol. The number of benzene rings is 1. The highest BCUT2D eigenvalue weighted by atomic mass is 16.1. The second-order valence-electron chi connectivity index (χ2n) is 3.26. The van der Waals surface area contributed by atoms with Gasteiger partial charge in [-0.3, -0.25) is 0 Å². The molecule has 0 atom stereocenters. The minimum atomic E-state index is 0.561. The van der Waals surface area contributed by atoms with Gasteiger partial charge in [0.1, 0.15) is 6.29 Å². The van der Waals surface area contributed by atoms with Crippen LogP contribution in [0.1, 0.15) is 12.0 Å². The molecule has 0 spiro atoms. The van der Waals surface area contributed by atoms with E-state index in [1.54, 1.807) is 6.08 Å². The Morgan fingerprint density at radius 2 is 2.27 bits per heavy atom. The summed E-state index contributed by atoms with van der Waals surface area (Å²) in [5.74, 6) is 0. The third-order valence-electron chi connectivity index (χ3n) is 2.03. The van der Waals surface area contributed by atoms with Gasteiger partial charge >= 0.3 is 0 Å². The van der Waals surface area contributed by atoms with Crippen molar-refractivity contribution in [2.75, 3.05) is 5.32 Å². The summed E-state index contributed by atoms with van der Waals surface area (Å²) in [7, 11) is 0. The van der Waals surface area contributed by atoms with E-state index in [0.29, 0.717) is 6.42 Å². The molecule has 0 aliphatic rings. The summed E-state index contributed by atoms with van der Waals surface area (Å²) in [5, 5.41) is 3.11. The summed E-state index contributed by atoms with van der Waals surface area (Å²) in [6, 6.07) is 7.93. The van der Waals surface area contributed by atoms with E-state index in [2.05, 4.69) is 18.5 Å². The number of carbonyl (C=O) groups excluding carboxylic acids is 1. The van der Waals surface area contributed by atoms with E-state index >= 15 is 0 Å². The van der Waals surface area contributed by atoms with Gasteiger partial charge in [-0.05, 0) is 30.2 Å². The SMILES string of the molecule is C=CC(=C)Nc1cccc(CCC=O)c1. The van der Waals surface area contributed by atoms with Crippen LogP contribution < -0.4 is 5.32 Å². The molecule has 1 aromatic rings. The number of rotatable bonds is 6. The molecule has 0 unspecified atom stereocenters. The third-order valence-corrected chi connectivity index (χ3v) is 2.03. The lowest BCUT2D eigenvalue weighted by molar-refractivity contribution is -0.107. The molecule has 0 fully saturated rings. The van der Waals surface area contributed by atoms with Gasteiger partial charge in [-0.2, -0.15) is 0 Å². The predicted octanol–water partition coefficient (Wildman–Crippen LogP) is 2.93. The molecule has 1 rings (SSSR count). The molecule has 2 heteroatoms. The molecule has 0 saturated carbocycles. The number of aryl methyl sites for hydroxylation is 1. The van der Waals surface area contributed by atoms with Crippen molar-refractivity contribution in [2.45, 2.75) is 12.8 Å². The number of carbonyl (C=O) groups is 1. The summed E-state index contributed by atoms with van der Waals surface area (Å²) >= 11 is 0. The number of aldehydes is 1. The van der Waals surface area contributed by atoms with Gasteiger partial charge in [0, 0.05) is 17.8 Å². The van der Waals surface area contributed by atoms with Crippen molar-refractivity contribution < 1.29 is 4.79 Å². The van der Waals surface area contributed by atoms with Gasteiger partial charge in [-0.1, -0.05) is 25.3 Å². The minimum Gasteiger partial charge on any atom is -0.356 e. The lowest BCUT2D eigenvalue weighted by Crippen LogP contribution is -1.95. The molecule has 0 amide bonds. The normalized spacial score (nSPS) is 9.33. The summed E-state index contributed by atoms with van der Waals surface area (Å²) in [5.41, 5.74) is 2.88. The molecule has 0 radical (unpaired) electrons. The third kappa shape index (κ3) is 3.81. The first kappa shape index (κ1) is 11.2. The average Bonchev–Trinajstić information content (AvgIpc) is 2.26. The molecular formula is C13H15NO. The molecule has 0 bridgehead atoms. The van der Waals surface area contributed by atoms with Crippen LogP contribution in [0.4, 0.5) is 5.69 Å². The van der Waals surface area contributed by atoms with E-state index in [0.717, 1.165) is 29.7 Å². The van der Waals surface area contributed by atoms with Crippen LogP contribution in [0.15, 0.2) is 49.2 Å². The van der Waals surface area contributed by atoms with Crippen LogP contribution in [0.2, 0.25) is 0 Å². The fraction of sp³-hybridized carbons (Fsp3) is 0.154. The van der Waals surface area contributed by atoms with Crippen LogP contribution >= 0.6 is 0 Å². The zero-order valence-electron chi connectivity index (χ0n) is 8.70. The number of anilines is 1. The van der Waals surface area contributed by atoms with Crippen molar-refractivity contribution in [1.82, 2.24) is 0 Å². The Hall–Kier alpha value is -1.83. The molecule has 78 valence electrons. The lowest BCUT2D eigenvalue weighted by Gasteiger charge is -2.07. The van der Waals surface area contributed by atoms with Crippen molar-refractivity contribution in [3.63, 3.8) is 0 Å². The highest BCUT2D eigenvalue weighted by Gasteiger charge is 1.95. The topological polar surface area (TPSA) is 29.1 Å². The monoisotopic (exact) mass is 201 g/mol. The quantitative estimate of drug-likeness (QED) is 0.566. The number of allylic oxidation sites excluding steroid dienone is 1. The fourth-order valence-electron chi connectivity index (χ4n) is 1.27. The van der Waals surface area contributed by atoms with Crippen LogP contribution in [0.25, 0.3) is 0 Å². The van der Waals surface area contributed by atoms with Crippen molar-refractivity contribution in [2.24, 2.45) is 0 Å². The van der Waals surface area contributed by atoms with Crippen molar-refractivity contribution in [1.29, 1.82) is 0 Å². The van der Waals surface area contributed by atoms with Crippen molar-refractivity contribution >= 4 is 12.0 Å². The number of nitrogens with one attached hydrogen (secondary N) is 1. The second-order valence-corrected chi connectivity index (χ2v) is 3.26. The van der Waals surface area contributed by atoms with Crippen LogP contribution in [0.5, 0.6) is 0 Å². The maximum Gasteiger partial charge on any atom is 0.120 e. The number of hydrogen-bond acceptors (Lipinski definition) is 2. The molecule has 0 heterocycles. The van der Waals surface area contributed by atoms with E-state index < -0.39 is 0 Å². The van der Waals surface area contributed by atoms with Crippen LogP contribution in [0, 0.1) is 0 Å². The first-order chi connectivity index (χ1) is 7.26. The van der Waals surface area contributed by atoms with E-state index in [4.69, 9.17) is 0 Å². The second kappa shape index (κ2) is 5.81. The molecule has 1 N–H and O–H groups in total. The molecule has 0 aliphatic carbocycles. The smallest absolute Gasteiger partial charge is 0.120 e. The minimum absolute atomic E-state index is 0.561. The van der Waals surface area contributed by atoms with E-state index in [1.807, 2.05) is 24.3 Å². The van der Waals surface area contributed by atoms with Gasteiger partial charge in [-0.25, -0.2) is 0 Å². The Balaban J connectivity index is 2.69. The van der Waals surface area contributed by atoms with Gasteiger partial charge in [0.15, 0.2) is 0 Å². The summed E-state index contributed by atoms with van der Waals surface area (Å²) in [6.07, 6.45) is 3.94. The van der Waals surface area contributed by atoms with Crippen LogP contribution in [-0.2, 0) is 11.2 Å². The van der Waals surface area contributed by atoms with Gasteiger partial charge in [-0.15, -0.1) is 0 Å². The fourth-order valence-corrected chi connectivity index (χ4v) is 1.27. The number of hydrogen-bond donors (Lipinski definition) is 1. The highest BCUT2D eigenvalue weighted by Crippen LogP contribution is 2.13. The maximum atomic E-state index is 10.2. The largest absolute Gasteiger partial charge is 0.356 e. The Bertz CT molecular complexity index is 369. The molecule has 1 aromatic carbocycles. The van der Waals surface area contributed by atoms with E-state index in [1.165, 1.54) is 0 Å². The van der Waals surface area contributed by atoms with E-state index in [9.17, 15) is 4.79 Å². The Morgan fingerprint density at radius 3 is 2.93 bits per heavy atom. The Labute approximate surface area is 90.3 Å². The molecule has 0 aromatic heterocycles. The first-order valence-electron chi connectivity index (χ1n) is 4.87. The summed E-state index contributed by atoms with van der Waals surface area (Å²) < 4.78 is 0. The summed E-state index contributed by atoms with van der Waals surface area (Å²) in [4.78, 5) is 10.2. The summed E-state index contributed by atoms with van der Waals surface area (Å²) in [6.45, 7) is 7.40. The molecule has 0 saturated heterocycles. The molecule has 15 heavy (non-hydrogen) atoms. The van der Waals surface area contributed by atoms with E-state index in [-0.39, 0.29) is 0 Å². The van der Waals surface area contributed by atoms with Gasteiger partial charge in [0.05, 0.1) is 0 Å². The Morgan fingerprint density at radius 1 is 1.47 bits per heavy atom. The molecule has 2 nitrogen and oxygen atoms in total. The Kier molecular flexibility index (Phi) is 4.35. The first-order valence-corrected chi connectivity index (χ1v) is 4.87. The van der Waals surface area contributed by atoms with Gasteiger partial charge < -0.3 is 10.1 Å². The lowest BCUT2D eigenvalue weighted by atomic mass is 10.1. The zero-order valence-corrected chi connectivity index (χ0v) is 8.70. The highest BCUT2D eigenvalue weighted by molar-refractivity contribution is 5.53. The van der Waals surface area contributed by atoms with Gasteiger partial charge in [0.25, 0.3) is 0 Å². The molecular weight excluding hydrogens is 186 g/mol. The van der Waals surface area contributed by atoms with Gasteiger partial charge in [0.2, 0.25) is 0 Å². The zero-order chi connectivity index (χ0) is 11.1. The predicted molar refractivity (Wildman–Crippen MR) is 63.8 cm³/mol. The van der Waals surface area contributed by atoms with Crippen molar-refractivity contribution in [3.8, 4) is 0 Å². The van der Waals surface area contributed by atoms with Crippen molar-refractivity contribution in [3.05, 3.63) is 54.8 Å². The standard InChI is InChI=1S/C13H15NO/c1-3-11(2)14-13-8-4-6-12(10-13)7-5-9-15/h3-4,6,8-10,14H,1-2,5,7H2. The molecule has 0 aliphatic heterocycles. The van der Waals surface area contributed by atoms with Crippen LogP contribution in [-0.4, -0.2) is 6.29 Å². The van der Waals surface area contributed by atoms with Crippen LogP contribution in [0.3, 0.4) is 0 Å². The maximum absolute atomic E-state index is 10.2.